The molecule has 1 aromatic heterocycles. The van der Waals surface area contributed by atoms with Crippen LogP contribution in [0.4, 0.5) is 0 Å². The van der Waals surface area contributed by atoms with Crippen molar-refractivity contribution >= 4 is 0 Å². The van der Waals surface area contributed by atoms with Gasteiger partial charge in [0.05, 0.1) is 12.8 Å². The Hall–Kier alpha value is -0.850. The fraction of sp³-hybridized carbons (Fsp3) is 0.750. The molecule has 21 heavy (non-hydrogen) atoms. The molecule has 0 saturated carbocycles. The van der Waals surface area contributed by atoms with Gasteiger partial charge in [0.1, 0.15) is 0 Å². The summed E-state index contributed by atoms with van der Waals surface area (Å²) in [5.41, 5.74) is 1.49. The summed E-state index contributed by atoms with van der Waals surface area (Å²) in [5.74, 6) is 2.42. The van der Waals surface area contributed by atoms with Crippen LogP contribution in [0.5, 0.6) is 0 Å². The third-order valence-electron chi connectivity index (χ3n) is 4.08. The van der Waals surface area contributed by atoms with Gasteiger partial charge in [-0.15, -0.1) is 0 Å². The van der Waals surface area contributed by atoms with Gasteiger partial charge in [0.2, 0.25) is 0 Å². The predicted molar refractivity (Wildman–Crippen MR) is 92.8 cm³/mol. The van der Waals surface area contributed by atoms with Crippen molar-refractivity contribution in [1.82, 2.24) is 0 Å². The first-order chi connectivity index (χ1) is 10.3. The van der Waals surface area contributed by atoms with Crippen LogP contribution in [0.15, 0.2) is 16.5 Å². The van der Waals surface area contributed by atoms with E-state index in [9.17, 15) is 0 Å². The van der Waals surface area contributed by atoms with Crippen molar-refractivity contribution in [2.45, 2.75) is 97.8 Å². The van der Waals surface area contributed by atoms with Crippen molar-refractivity contribution in [3.63, 3.8) is 0 Å². The molecule has 1 heteroatoms. The topological polar surface area (TPSA) is 11.3 Å². The maximum Gasteiger partial charge on any atom is 0.329 e. The Balaban J connectivity index is 2.65. The molecule has 0 aliphatic heterocycles. The van der Waals surface area contributed by atoms with E-state index in [0.29, 0.717) is 0 Å². The Morgan fingerprint density at radius 2 is 1.05 bits per heavy atom. The van der Waals surface area contributed by atoms with Gasteiger partial charge in [-0.3, -0.25) is 0 Å². The molecule has 0 radical (unpaired) electrons. The molecule has 1 rings (SSSR count). The lowest BCUT2D eigenvalue weighted by molar-refractivity contribution is 0.430. The van der Waals surface area contributed by atoms with Crippen LogP contribution in [0.3, 0.4) is 0 Å². The summed E-state index contributed by atoms with van der Waals surface area (Å²) < 4.78 is 6.12. The summed E-state index contributed by atoms with van der Waals surface area (Å²) in [6.45, 7) is 6.79. The van der Waals surface area contributed by atoms with Crippen molar-refractivity contribution in [2.24, 2.45) is 0 Å². The Morgan fingerprint density at radius 1 is 0.619 bits per heavy atom. The van der Waals surface area contributed by atoms with Gasteiger partial charge in [-0.25, -0.2) is 4.42 Å². The van der Waals surface area contributed by atoms with Gasteiger partial charge >= 0.3 is 11.5 Å². The van der Waals surface area contributed by atoms with E-state index in [1.54, 1.807) is 0 Å². The molecular formula is C20H35O+. The largest absolute Gasteiger partial charge is 0.329 e. The molecule has 1 heterocycles. The number of aryl methyl sites for hydroxylation is 3. The minimum Gasteiger partial charge on any atom is -0.218 e. The van der Waals surface area contributed by atoms with E-state index in [0.717, 1.165) is 12.8 Å². The summed E-state index contributed by atoms with van der Waals surface area (Å²) >= 11 is 0. The molecule has 1 aromatic rings. The highest BCUT2D eigenvalue weighted by Crippen LogP contribution is 2.18. The normalized spacial score (nSPS) is 11.0. The molecule has 0 N–H and O–H groups in total. The number of unbranched alkanes of at least 4 members (excludes halogenated alkanes) is 6. The molecule has 0 atom stereocenters. The number of rotatable bonds is 12. The van der Waals surface area contributed by atoms with Crippen LogP contribution in [-0.4, -0.2) is 0 Å². The molecule has 0 fully saturated rings. The van der Waals surface area contributed by atoms with Gasteiger partial charge in [0.15, 0.2) is 0 Å². The smallest absolute Gasteiger partial charge is 0.218 e. The lowest BCUT2D eigenvalue weighted by Gasteiger charge is -2.01. The van der Waals surface area contributed by atoms with E-state index >= 15 is 0 Å². The second kappa shape index (κ2) is 11.8. The highest BCUT2D eigenvalue weighted by Gasteiger charge is 2.15. The molecule has 0 spiro atoms. The summed E-state index contributed by atoms with van der Waals surface area (Å²) in [6, 6.07) is 4.63. The molecule has 0 unspecified atom stereocenters. The van der Waals surface area contributed by atoms with E-state index in [1.807, 2.05) is 0 Å². The zero-order chi connectivity index (χ0) is 15.3. The minimum atomic E-state index is 1.11. The standard InChI is InChI=1S/C20H35O/c1-4-7-10-13-18-16-19(14-11-8-5-2)21-20(17-18)15-12-9-6-3/h16-17H,4-15H2,1-3H3/q+1. The maximum atomic E-state index is 6.12. The van der Waals surface area contributed by atoms with Gasteiger partial charge in [-0.2, -0.15) is 0 Å². The van der Waals surface area contributed by atoms with Crippen molar-refractivity contribution in [2.75, 3.05) is 0 Å². The third-order valence-corrected chi connectivity index (χ3v) is 4.08. The zero-order valence-electron chi connectivity index (χ0n) is 14.5. The molecule has 120 valence electrons. The lowest BCUT2D eigenvalue weighted by atomic mass is 10.0. The van der Waals surface area contributed by atoms with Crippen LogP contribution >= 0.6 is 0 Å². The van der Waals surface area contributed by atoms with E-state index in [4.69, 9.17) is 4.42 Å². The second-order valence-corrected chi connectivity index (χ2v) is 6.27. The predicted octanol–water partition coefficient (Wildman–Crippen LogP) is 6.76. The molecule has 1 nitrogen and oxygen atoms in total. The van der Waals surface area contributed by atoms with Crippen molar-refractivity contribution in [3.8, 4) is 0 Å². The first kappa shape index (κ1) is 18.2. The zero-order valence-corrected chi connectivity index (χ0v) is 14.5. The van der Waals surface area contributed by atoms with Crippen LogP contribution in [0, 0.1) is 0 Å². The van der Waals surface area contributed by atoms with Crippen LogP contribution in [0.2, 0.25) is 0 Å². The maximum absolute atomic E-state index is 6.12. The quantitative estimate of drug-likeness (QED) is 0.306. The van der Waals surface area contributed by atoms with E-state index in [-0.39, 0.29) is 0 Å². The van der Waals surface area contributed by atoms with E-state index in [1.165, 1.54) is 81.3 Å². The van der Waals surface area contributed by atoms with Gasteiger partial charge in [0, 0.05) is 12.1 Å². The Morgan fingerprint density at radius 3 is 1.48 bits per heavy atom. The first-order valence-corrected chi connectivity index (χ1v) is 9.24. The Labute approximate surface area is 132 Å². The van der Waals surface area contributed by atoms with Gasteiger partial charge in [-0.05, 0) is 31.2 Å². The van der Waals surface area contributed by atoms with Crippen LogP contribution < -0.4 is 0 Å². The number of hydrogen-bond donors (Lipinski definition) is 0. The summed E-state index contributed by atoms with van der Waals surface area (Å²) in [4.78, 5) is 0. The van der Waals surface area contributed by atoms with E-state index in [2.05, 4.69) is 32.9 Å². The SMILES string of the molecule is CCCCCc1cc(CCCCC)[o+]c(CCCCC)c1. The van der Waals surface area contributed by atoms with Crippen LogP contribution in [0.25, 0.3) is 0 Å². The van der Waals surface area contributed by atoms with Crippen molar-refractivity contribution in [1.29, 1.82) is 0 Å². The third kappa shape index (κ3) is 8.24. The Bertz CT molecular complexity index is 301. The highest BCUT2D eigenvalue weighted by molar-refractivity contribution is 5.19. The lowest BCUT2D eigenvalue weighted by Crippen LogP contribution is -1.96. The van der Waals surface area contributed by atoms with Gasteiger partial charge in [-0.1, -0.05) is 59.3 Å². The first-order valence-electron chi connectivity index (χ1n) is 9.24. The van der Waals surface area contributed by atoms with Crippen LogP contribution in [-0.2, 0) is 19.3 Å². The summed E-state index contributed by atoms with van der Waals surface area (Å²) in [6.07, 6.45) is 15.0. The molecule has 0 bridgehead atoms. The summed E-state index contributed by atoms with van der Waals surface area (Å²) in [5, 5.41) is 0. The average molecular weight is 291 g/mol. The highest BCUT2D eigenvalue weighted by atomic mass is 16.3. The van der Waals surface area contributed by atoms with Crippen LogP contribution in [0.1, 0.15) is 95.6 Å². The van der Waals surface area contributed by atoms with Crippen molar-refractivity contribution in [3.05, 3.63) is 29.2 Å². The molecule has 0 aromatic carbocycles. The summed E-state index contributed by atoms with van der Waals surface area (Å²) in [7, 11) is 0. The molecule has 0 amide bonds. The monoisotopic (exact) mass is 291 g/mol. The second-order valence-electron chi connectivity index (χ2n) is 6.27. The average Bonchev–Trinajstić information content (AvgIpc) is 2.48. The minimum absolute atomic E-state index is 1.11. The molecular weight excluding hydrogens is 256 g/mol. The van der Waals surface area contributed by atoms with Gasteiger partial charge < -0.3 is 0 Å². The van der Waals surface area contributed by atoms with E-state index < -0.39 is 0 Å². The fourth-order valence-corrected chi connectivity index (χ4v) is 2.75. The van der Waals surface area contributed by atoms with Crippen molar-refractivity contribution < 1.29 is 4.42 Å². The molecule has 0 saturated heterocycles. The molecule has 0 aliphatic rings. The Kier molecular flexibility index (Phi) is 10.2. The van der Waals surface area contributed by atoms with Gasteiger partial charge in [0.25, 0.3) is 0 Å². The fourth-order valence-electron chi connectivity index (χ4n) is 2.75. The number of hydrogen-bond acceptors (Lipinski definition) is 0. The molecule has 0 aliphatic carbocycles.